The molecular weight excluding hydrogens is 306 g/mol. The van der Waals surface area contributed by atoms with Crippen molar-refractivity contribution >= 4 is 30.2 Å². The zero-order valence-corrected chi connectivity index (χ0v) is 14.4. The molecule has 2 N–H and O–H groups in total. The van der Waals surface area contributed by atoms with E-state index in [4.69, 9.17) is 5.11 Å². The second-order valence-corrected chi connectivity index (χ2v) is 5.87. The van der Waals surface area contributed by atoms with Gasteiger partial charge >= 0.3 is 0 Å². The van der Waals surface area contributed by atoms with E-state index in [9.17, 15) is 19.5 Å². The number of aliphatic hydroxyl groups is 2. The molecule has 0 aromatic carbocycles. The molecule has 0 aliphatic carbocycles. The summed E-state index contributed by atoms with van der Waals surface area (Å²) in [6.07, 6.45) is 0.461. The van der Waals surface area contributed by atoms with Crippen LogP contribution in [0.5, 0.6) is 0 Å². The van der Waals surface area contributed by atoms with Crippen LogP contribution in [0.15, 0.2) is 0 Å². The van der Waals surface area contributed by atoms with Crippen molar-refractivity contribution in [3.8, 4) is 0 Å². The molecule has 0 heterocycles. The number of unbranched alkanes of at least 4 members (excludes halogenated alkanes) is 1. The molecule has 2 amide bonds. The second-order valence-electron chi connectivity index (χ2n) is 5.55. The Balaban J connectivity index is 5.25. The van der Waals surface area contributed by atoms with Crippen LogP contribution in [-0.2, 0) is 14.4 Å². The van der Waals surface area contributed by atoms with Crippen molar-refractivity contribution in [3.05, 3.63) is 0 Å². The molecule has 0 aromatic heterocycles. The summed E-state index contributed by atoms with van der Waals surface area (Å²) in [5.41, 5.74) is -1.37. The van der Waals surface area contributed by atoms with E-state index in [-0.39, 0.29) is 31.0 Å². The lowest BCUT2D eigenvalue weighted by Crippen LogP contribution is -2.59. The van der Waals surface area contributed by atoms with Crippen LogP contribution in [0.3, 0.4) is 0 Å². The van der Waals surface area contributed by atoms with Crippen LogP contribution in [0, 0.1) is 0 Å². The molecule has 0 fully saturated rings. The van der Waals surface area contributed by atoms with Crippen molar-refractivity contribution in [1.29, 1.82) is 0 Å². The number of imide groups is 1. The molecule has 2 atom stereocenters. The highest BCUT2D eigenvalue weighted by Crippen LogP contribution is 2.23. The Morgan fingerprint density at radius 3 is 2.27 bits per heavy atom. The zero-order chi connectivity index (χ0) is 17.3. The van der Waals surface area contributed by atoms with Gasteiger partial charge < -0.3 is 10.2 Å². The van der Waals surface area contributed by atoms with Gasteiger partial charge in [0.25, 0.3) is 0 Å². The number of rotatable bonds is 10. The largest absolute Gasteiger partial charge is 0.396 e. The monoisotopic (exact) mass is 333 g/mol. The Hall–Kier alpha value is -0.920. The van der Waals surface area contributed by atoms with Crippen molar-refractivity contribution in [1.82, 2.24) is 4.90 Å². The predicted molar refractivity (Wildman–Crippen MR) is 86.6 cm³/mol. The fraction of sp³-hybridized carbons (Fsp3) is 0.800. The number of amides is 2. The molecule has 0 aliphatic heterocycles. The number of carbonyl (C=O) groups excluding carboxylic acids is 3. The van der Waals surface area contributed by atoms with Gasteiger partial charge in [0.2, 0.25) is 11.8 Å². The molecule has 22 heavy (non-hydrogen) atoms. The summed E-state index contributed by atoms with van der Waals surface area (Å²) in [5, 5.41) is 18.4. The Morgan fingerprint density at radius 2 is 1.86 bits per heavy atom. The minimum absolute atomic E-state index is 0.00636. The molecule has 0 radical (unpaired) electrons. The van der Waals surface area contributed by atoms with Gasteiger partial charge in [0, 0.05) is 32.1 Å². The molecule has 0 aromatic rings. The summed E-state index contributed by atoms with van der Waals surface area (Å²) >= 11 is 4.14. The zero-order valence-electron chi connectivity index (χ0n) is 13.5. The average Bonchev–Trinajstić information content (AvgIpc) is 2.46. The van der Waals surface area contributed by atoms with Crippen LogP contribution in [0.2, 0.25) is 0 Å². The van der Waals surface area contributed by atoms with Crippen LogP contribution in [0.25, 0.3) is 0 Å². The van der Waals surface area contributed by atoms with E-state index in [0.717, 1.165) is 4.90 Å². The lowest BCUT2D eigenvalue weighted by Gasteiger charge is -2.37. The quantitative estimate of drug-likeness (QED) is 0.409. The van der Waals surface area contributed by atoms with Gasteiger partial charge in [-0.1, -0.05) is 6.92 Å². The first kappa shape index (κ1) is 21.1. The summed E-state index contributed by atoms with van der Waals surface area (Å²) in [6, 6.07) is 0. The number of hydrogen-bond donors (Lipinski definition) is 3. The van der Waals surface area contributed by atoms with E-state index in [0.29, 0.717) is 19.3 Å². The van der Waals surface area contributed by atoms with E-state index in [1.54, 1.807) is 6.92 Å². The maximum absolute atomic E-state index is 12.5. The number of carbonyl (C=O) groups is 3. The van der Waals surface area contributed by atoms with Gasteiger partial charge in [-0.15, -0.1) is 0 Å². The summed E-state index contributed by atoms with van der Waals surface area (Å²) in [4.78, 5) is 37.6. The lowest BCUT2D eigenvalue weighted by molar-refractivity contribution is -0.155. The SMILES string of the molecule is CC[C@@H](O)CC(=O)[C@@](C)(CS)N(C(C)=O)C(=O)CCCCO. The third-order valence-corrected chi connectivity index (χ3v) is 4.27. The van der Waals surface area contributed by atoms with Gasteiger partial charge in [0.15, 0.2) is 5.78 Å². The van der Waals surface area contributed by atoms with Crippen molar-refractivity contribution in [2.24, 2.45) is 0 Å². The van der Waals surface area contributed by atoms with Crippen molar-refractivity contribution in [3.63, 3.8) is 0 Å². The summed E-state index contributed by atoms with van der Waals surface area (Å²) in [7, 11) is 0. The molecule has 0 saturated carbocycles. The van der Waals surface area contributed by atoms with E-state index in [1.807, 2.05) is 0 Å². The number of aliphatic hydroxyl groups excluding tert-OH is 2. The molecule has 0 spiro atoms. The second kappa shape index (κ2) is 9.97. The van der Waals surface area contributed by atoms with E-state index < -0.39 is 23.5 Å². The Morgan fingerprint density at radius 1 is 1.27 bits per heavy atom. The van der Waals surface area contributed by atoms with E-state index in [1.165, 1.54) is 13.8 Å². The van der Waals surface area contributed by atoms with Crippen LogP contribution >= 0.6 is 12.6 Å². The van der Waals surface area contributed by atoms with E-state index >= 15 is 0 Å². The Labute approximate surface area is 137 Å². The highest BCUT2D eigenvalue weighted by atomic mass is 32.1. The molecule has 6 nitrogen and oxygen atoms in total. The van der Waals surface area contributed by atoms with Gasteiger partial charge in [0.1, 0.15) is 5.54 Å². The molecule has 0 aliphatic rings. The standard InChI is InChI=1S/C15H27NO5S/c1-4-12(19)9-13(20)15(3,10-22)16(11(2)18)14(21)7-5-6-8-17/h12,17,19,22H,4-10H2,1-3H3/t12-,15-/m1/s1. The van der Waals surface area contributed by atoms with Crippen LogP contribution in [-0.4, -0.2) is 56.7 Å². The predicted octanol–water partition coefficient (Wildman–Crippen LogP) is 0.943. The summed E-state index contributed by atoms with van der Waals surface area (Å²) in [5.74, 6) is -1.38. The maximum atomic E-state index is 12.5. The van der Waals surface area contributed by atoms with Crippen molar-refractivity contribution in [2.75, 3.05) is 12.4 Å². The highest BCUT2D eigenvalue weighted by molar-refractivity contribution is 7.80. The van der Waals surface area contributed by atoms with Gasteiger partial charge in [0.05, 0.1) is 6.10 Å². The normalized spacial score (nSPS) is 15.0. The number of thiol groups is 1. The number of hydrogen-bond acceptors (Lipinski definition) is 6. The minimum atomic E-state index is -1.37. The fourth-order valence-electron chi connectivity index (χ4n) is 2.16. The smallest absolute Gasteiger partial charge is 0.230 e. The topological polar surface area (TPSA) is 94.9 Å². The average molecular weight is 333 g/mol. The molecule has 0 unspecified atom stereocenters. The van der Waals surface area contributed by atoms with Crippen molar-refractivity contribution < 1.29 is 24.6 Å². The molecular formula is C15H27NO5S. The first-order valence-corrected chi connectivity index (χ1v) is 8.14. The number of Topliss-reactive ketones (excluding diaryl/α,β-unsaturated/α-hetero) is 1. The Bertz CT molecular complexity index is 401. The maximum Gasteiger partial charge on any atom is 0.230 e. The van der Waals surface area contributed by atoms with E-state index in [2.05, 4.69) is 12.6 Å². The number of nitrogens with zero attached hydrogens (tertiary/aromatic N) is 1. The molecule has 0 bridgehead atoms. The minimum Gasteiger partial charge on any atom is -0.396 e. The molecule has 0 saturated heterocycles. The molecule has 7 heteroatoms. The van der Waals surface area contributed by atoms with Crippen molar-refractivity contribution in [2.45, 2.75) is 64.5 Å². The van der Waals surface area contributed by atoms with Gasteiger partial charge in [-0.2, -0.15) is 12.6 Å². The van der Waals surface area contributed by atoms with Gasteiger partial charge in [-0.05, 0) is 26.2 Å². The third kappa shape index (κ3) is 5.70. The first-order chi connectivity index (χ1) is 10.2. The Kier molecular flexibility index (Phi) is 9.55. The third-order valence-electron chi connectivity index (χ3n) is 3.66. The molecule has 128 valence electrons. The summed E-state index contributed by atoms with van der Waals surface area (Å²) in [6.45, 7) is 4.45. The fourth-order valence-corrected chi connectivity index (χ4v) is 2.48. The van der Waals surface area contributed by atoms with Crippen LogP contribution < -0.4 is 0 Å². The van der Waals surface area contributed by atoms with Crippen LogP contribution in [0.1, 0.15) is 52.9 Å². The van der Waals surface area contributed by atoms with Crippen LogP contribution in [0.4, 0.5) is 0 Å². The highest BCUT2D eigenvalue weighted by Gasteiger charge is 2.43. The van der Waals surface area contributed by atoms with Gasteiger partial charge in [-0.25, -0.2) is 0 Å². The lowest BCUT2D eigenvalue weighted by atomic mass is 9.91. The number of ketones is 1. The van der Waals surface area contributed by atoms with Gasteiger partial charge in [-0.3, -0.25) is 19.3 Å². The molecule has 0 rings (SSSR count). The summed E-state index contributed by atoms with van der Waals surface area (Å²) < 4.78 is 0. The first-order valence-electron chi connectivity index (χ1n) is 7.51.